The van der Waals surface area contributed by atoms with E-state index in [9.17, 15) is 24.0 Å². The molecule has 2 heterocycles. The van der Waals surface area contributed by atoms with E-state index in [1.807, 2.05) is 0 Å². The molecule has 0 aliphatic carbocycles. The lowest BCUT2D eigenvalue weighted by molar-refractivity contribution is -0.146. The van der Waals surface area contributed by atoms with Crippen molar-refractivity contribution in [3.63, 3.8) is 0 Å². The van der Waals surface area contributed by atoms with Crippen LogP contribution in [0.4, 0.5) is 10.5 Å². The Morgan fingerprint density at radius 1 is 1.15 bits per heavy atom. The number of carbonyl (C=O) groups excluding carboxylic acids is 5. The number of urea groups is 1. The first-order valence-corrected chi connectivity index (χ1v) is 10.8. The molecule has 0 aromatic heterocycles. The molecule has 5 amide bonds. The first-order valence-electron chi connectivity index (χ1n) is 10.8. The van der Waals surface area contributed by atoms with Gasteiger partial charge in [0.2, 0.25) is 17.7 Å². The van der Waals surface area contributed by atoms with Crippen molar-refractivity contribution >= 4 is 35.2 Å². The molecule has 0 spiro atoms. The van der Waals surface area contributed by atoms with Crippen molar-refractivity contribution in [2.75, 3.05) is 45.2 Å². The van der Waals surface area contributed by atoms with Crippen LogP contribution in [-0.4, -0.2) is 91.3 Å². The maximum atomic E-state index is 13.0. The quantitative estimate of drug-likeness (QED) is 0.511. The second-order valence-corrected chi connectivity index (χ2v) is 8.04. The molecule has 178 valence electrons. The fraction of sp³-hybridized carbons (Fsp3) is 0.500. The number of hydrogen-bond acceptors (Lipinski definition) is 6. The largest absolute Gasteiger partial charge is 0.375 e. The molecular formula is C22H29N5O6. The lowest BCUT2D eigenvalue weighted by Crippen LogP contribution is -2.64. The summed E-state index contributed by atoms with van der Waals surface area (Å²) >= 11 is 0. The Morgan fingerprint density at radius 3 is 2.52 bits per heavy atom. The summed E-state index contributed by atoms with van der Waals surface area (Å²) < 4.78 is 4.93. The van der Waals surface area contributed by atoms with Crippen LogP contribution in [0, 0.1) is 0 Å². The van der Waals surface area contributed by atoms with Gasteiger partial charge >= 0.3 is 6.03 Å². The van der Waals surface area contributed by atoms with Crippen LogP contribution in [0.3, 0.4) is 0 Å². The van der Waals surface area contributed by atoms with Crippen LogP contribution in [0.1, 0.15) is 30.1 Å². The topological polar surface area (TPSA) is 137 Å². The van der Waals surface area contributed by atoms with Gasteiger partial charge in [-0.15, -0.1) is 0 Å². The summed E-state index contributed by atoms with van der Waals surface area (Å²) in [6, 6.07) is 4.42. The van der Waals surface area contributed by atoms with E-state index < -0.39 is 24.0 Å². The number of ketones is 1. The van der Waals surface area contributed by atoms with Crippen LogP contribution in [0.15, 0.2) is 24.3 Å². The highest BCUT2D eigenvalue weighted by Gasteiger charge is 2.38. The summed E-state index contributed by atoms with van der Waals surface area (Å²) in [6.45, 7) is 2.16. The second-order valence-electron chi connectivity index (χ2n) is 8.04. The Bertz CT molecular complexity index is 918. The molecule has 1 aromatic rings. The van der Waals surface area contributed by atoms with E-state index in [0.717, 1.165) is 6.42 Å². The van der Waals surface area contributed by atoms with E-state index in [1.165, 1.54) is 23.8 Å². The predicted octanol–water partition coefficient (Wildman–Crippen LogP) is -0.0249. The zero-order valence-electron chi connectivity index (χ0n) is 18.8. The van der Waals surface area contributed by atoms with Gasteiger partial charge < -0.3 is 30.5 Å². The number of rotatable bonds is 6. The van der Waals surface area contributed by atoms with Gasteiger partial charge in [0.15, 0.2) is 5.78 Å². The molecule has 0 bridgehead atoms. The van der Waals surface area contributed by atoms with E-state index in [4.69, 9.17) is 4.74 Å². The predicted molar refractivity (Wildman–Crippen MR) is 119 cm³/mol. The number of anilines is 1. The van der Waals surface area contributed by atoms with E-state index in [-0.39, 0.29) is 43.8 Å². The Kier molecular flexibility index (Phi) is 7.99. The van der Waals surface area contributed by atoms with E-state index in [1.54, 1.807) is 24.3 Å². The summed E-state index contributed by atoms with van der Waals surface area (Å²) in [5.74, 6) is -1.20. The smallest absolute Gasteiger partial charge is 0.321 e. The van der Waals surface area contributed by atoms with Crippen molar-refractivity contribution < 1.29 is 28.7 Å². The summed E-state index contributed by atoms with van der Waals surface area (Å²) in [7, 11) is 1.39. The van der Waals surface area contributed by atoms with E-state index >= 15 is 0 Å². The first-order chi connectivity index (χ1) is 15.8. The number of ether oxygens (including phenoxy) is 1. The lowest BCUT2D eigenvalue weighted by atomic mass is 10.1. The zero-order chi connectivity index (χ0) is 24.0. The fourth-order valence-corrected chi connectivity index (χ4v) is 3.87. The van der Waals surface area contributed by atoms with Gasteiger partial charge in [-0.3, -0.25) is 19.2 Å². The summed E-state index contributed by atoms with van der Waals surface area (Å²) in [4.78, 5) is 64.7. The third kappa shape index (κ3) is 6.07. The molecule has 0 unspecified atom stereocenters. The number of piperidine rings is 1. The van der Waals surface area contributed by atoms with Gasteiger partial charge in [0.05, 0.1) is 6.54 Å². The molecular weight excluding hydrogens is 430 g/mol. The highest BCUT2D eigenvalue weighted by molar-refractivity contribution is 5.96. The summed E-state index contributed by atoms with van der Waals surface area (Å²) in [5, 5.41) is 8.17. The summed E-state index contributed by atoms with van der Waals surface area (Å²) in [6.07, 6.45) is 1.25. The zero-order valence-corrected chi connectivity index (χ0v) is 18.8. The number of amides is 5. The Balaban J connectivity index is 1.69. The van der Waals surface area contributed by atoms with Gasteiger partial charge in [-0.2, -0.15) is 0 Å². The molecule has 2 aliphatic rings. The second kappa shape index (κ2) is 10.9. The van der Waals surface area contributed by atoms with E-state index in [2.05, 4.69) is 16.0 Å². The van der Waals surface area contributed by atoms with Gasteiger partial charge in [0, 0.05) is 38.0 Å². The molecule has 2 atom stereocenters. The first kappa shape index (κ1) is 24.2. The number of nitrogens with zero attached hydrogens (tertiary/aromatic N) is 2. The van der Waals surface area contributed by atoms with Crippen LogP contribution in [0.2, 0.25) is 0 Å². The van der Waals surface area contributed by atoms with E-state index in [0.29, 0.717) is 24.2 Å². The highest BCUT2D eigenvalue weighted by Crippen LogP contribution is 2.16. The third-order valence-corrected chi connectivity index (χ3v) is 5.70. The molecule has 33 heavy (non-hydrogen) atoms. The highest BCUT2D eigenvalue weighted by atomic mass is 16.5. The summed E-state index contributed by atoms with van der Waals surface area (Å²) in [5.41, 5.74) is 1.03. The number of benzene rings is 1. The number of methoxy groups -OCH3 is 1. The number of hydrogen-bond donors (Lipinski definition) is 3. The van der Waals surface area contributed by atoms with Gasteiger partial charge in [0.25, 0.3) is 0 Å². The lowest BCUT2D eigenvalue weighted by Gasteiger charge is -2.41. The Labute approximate surface area is 191 Å². The maximum absolute atomic E-state index is 13.0. The van der Waals surface area contributed by atoms with Crippen molar-refractivity contribution in [3.05, 3.63) is 29.8 Å². The molecule has 2 fully saturated rings. The number of nitrogens with one attached hydrogen (secondary N) is 3. The molecule has 3 N–H and O–H groups in total. The number of carbonyl (C=O) groups is 5. The minimum absolute atomic E-state index is 0.0347. The van der Waals surface area contributed by atoms with Crippen LogP contribution in [-0.2, 0) is 19.1 Å². The number of piperazine rings is 1. The molecule has 3 rings (SSSR count). The molecule has 11 nitrogen and oxygen atoms in total. The normalized spacial score (nSPS) is 20.6. The molecule has 0 radical (unpaired) electrons. The van der Waals surface area contributed by atoms with Gasteiger partial charge in [0.1, 0.15) is 18.7 Å². The van der Waals surface area contributed by atoms with Crippen molar-refractivity contribution in [1.29, 1.82) is 0 Å². The van der Waals surface area contributed by atoms with Gasteiger partial charge in [-0.25, -0.2) is 4.79 Å². The molecule has 2 saturated heterocycles. The Hall–Kier alpha value is -3.47. The average Bonchev–Trinajstić information content (AvgIpc) is 2.80. The molecule has 2 aliphatic heterocycles. The van der Waals surface area contributed by atoms with Crippen LogP contribution < -0.4 is 16.0 Å². The van der Waals surface area contributed by atoms with Crippen molar-refractivity contribution in [3.8, 4) is 0 Å². The number of Topliss-reactive ketones (excluding diaryl/α,β-unsaturated/α-hetero) is 1. The van der Waals surface area contributed by atoms with Crippen molar-refractivity contribution in [2.24, 2.45) is 0 Å². The van der Waals surface area contributed by atoms with Crippen LogP contribution >= 0.6 is 0 Å². The minimum atomic E-state index is -0.957. The molecule has 1 aromatic carbocycles. The minimum Gasteiger partial charge on any atom is -0.375 e. The molecule has 11 heteroatoms. The monoisotopic (exact) mass is 459 g/mol. The third-order valence-electron chi connectivity index (χ3n) is 5.70. The van der Waals surface area contributed by atoms with Gasteiger partial charge in [-0.1, -0.05) is 0 Å². The van der Waals surface area contributed by atoms with Crippen LogP contribution in [0.25, 0.3) is 0 Å². The van der Waals surface area contributed by atoms with Gasteiger partial charge in [-0.05, 0) is 44.0 Å². The fourth-order valence-electron chi connectivity index (χ4n) is 3.87. The Morgan fingerprint density at radius 2 is 1.88 bits per heavy atom. The SMILES string of the molecule is COCC(=O)N1CCN(C(=O)Nc2ccc(C(C)=O)cc2)C[C@H]1C(=O)N[C@@H]1CCCNC1=O. The maximum Gasteiger partial charge on any atom is 0.321 e. The van der Waals surface area contributed by atoms with Crippen LogP contribution in [0.5, 0.6) is 0 Å². The van der Waals surface area contributed by atoms with Crippen molar-refractivity contribution in [1.82, 2.24) is 20.4 Å². The average molecular weight is 460 g/mol. The molecule has 0 saturated carbocycles. The van der Waals surface area contributed by atoms with Crippen molar-refractivity contribution in [2.45, 2.75) is 31.8 Å². The standard InChI is InChI=1S/C22H29N5O6/c1-14(28)15-5-7-16(8-6-15)24-22(32)26-10-11-27(19(29)13-33-2)18(12-26)21(31)25-17-4-3-9-23-20(17)30/h5-8,17-18H,3-4,9-13H2,1-2H3,(H,23,30)(H,24,32)(H,25,31)/t17-,18+/m1/s1.